The van der Waals surface area contributed by atoms with Gasteiger partial charge in [-0.2, -0.15) is 0 Å². The van der Waals surface area contributed by atoms with Gasteiger partial charge in [0.1, 0.15) is 5.56 Å². The Kier molecular flexibility index (Phi) is 3.35. The molecule has 0 radical (unpaired) electrons. The molecule has 21 heavy (non-hydrogen) atoms. The van der Waals surface area contributed by atoms with E-state index in [-0.39, 0.29) is 19.0 Å². The number of H-pyrrole nitrogens is 1. The number of aromatic nitrogens is 1. The molecule has 0 aliphatic carbocycles. The maximum Gasteiger partial charge on any atom is 0.343 e. The van der Waals surface area contributed by atoms with Gasteiger partial charge < -0.3 is 19.2 Å². The van der Waals surface area contributed by atoms with Gasteiger partial charge in [-0.15, -0.1) is 0 Å². The molecule has 1 aromatic heterocycles. The van der Waals surface area contributed by atoms with Crippen LogP contribution in [0.15, 0.2) is 35.1 Å². The second-order valence-electron chi connectivity index (χ2n) is 4.40. The number of nitrogens with one attached hydrogen (secondary N) is 1. The van der Waals surface area contributed by atoms with Crippen molar-refractivity contribution < 1.29 is 19.0 Å². The van der Waals surface area contributed by atoms with Crippen molar-refractivity contribution in [2.45, 2.75) is 6.92 Å². The molecule has 6 heteroatoms. The van der Waals surface area contributed by atoms with Crippen molar-refractivity contribution in [3.63, 3.8) is 0 Å². The molecule has 0 atom stereocenters. The SMILES string of the molecule is CCOC(=O)c1ccc(-c2ccc3c(c2)OCO3)[nH]c1=O. The minimum atomic E-state index is -0.629. The number of fused-ring (bicyclic) bond motifs is 1. The zero-order valence-corrected chi connectivity index (χ0v) is 11.3. The van der Waals surface area contributed by atoms with E-state index < -0.39 is 11.5 Å². The summed E-state index contributed by atoms with van der Waals surface area (Å²) in [6.45, 7) is 2.10. The van der Waals surface area contributed by atoms with Crippen molar-refractivity contribution in [2.75, 3.05) is 13.4 Å². The van der Waals surface area contributed by atoms with E-state index in [2.05, 4.69) is 4.98 Å². The van der Waals surface area contributed by atoms with E-state index >= 15 is 0 Å². The summed E-state index contributed by atoms with van der Waals surface area (Å²) in [5.41, 5.74) is 0.864. The molecule has 0 saturated carbocycles. The number of pyridine rings is 1. The van der Waals surface area contributed by atoms with E-state index in [1.54, 1.807) is 25.1 Å². The average molecular weight is 287 g/mol. The van der Waals surface area contributed by atoms with E-state index in [9.17, 15) is 9.59 Å². The minimum absolute atomic E-state index is 0.0126. The van der Waals surface area contributed by atoms with E-state index in [4.69, 9.17) is 14.2 Å². The molecule has 1 aliphatic rings. The summed E-state index contributed by atoms with van der Waals surface area (Å²) >= 11 is 0. The van der Waals surface area contributed by atoms with Crippen LogP contribution < -0.4 is 15.0 Å². The highest BCUT2D eigenvalue weighted by Crippen LogP contribution is 2.35. The minimum Gasteiger partial charge on any atom is -0.462 e. The number of ether oxygens (including phenoxy) is 3. The zero-order valence-electron chi connectivity index (χ0n) is 11.3. The van der Waals surface area contributed by atoms with Crippen LogP contribution >= 0.6 is 0 Å². The fraction of sp³-hybridized carbons (Fsp3) is 0.200. The molecule has 0 fully saturated rings. The van der Waals surface area contributed by atoms with Crippen molar-refractivity contribution in [3.05, 3.63) is 46.2 Å². The number of carbonyl (C=O) groups is 1. The molecule has 0 saturated heterocycles. The molecule has 2 aromatic rings. The lowest BCUT2D eigenvalue weighted by Gasteiger charge is -2.05. The van der Waals surface area contributed by atoms with Crippen LogP contribution in [0.1, 0.15) is 17.3 Å². The highest BCUT2D eigenvalue weighted by atomic mass is 16.7. The fourth-order valence-electron chi connectivity index (χ4n) is 2.08. The molecular weight excluding hydrogens is 274 g/mol. The molecular formula is C15H13NO5. The lowest BCUT2D eigenvalue weighted by molar-refractivity contribution is 0.0524. The number of benzene rings is 1. The third kappa shape index (κ3) is 2.47. The van der Waals surface area contributed by atoms with Gasteiger partial charge in [-0.1, -0.05) is 0 Å². The second kappa shape index (κ2) is 5.32. The van der Waals surface area contributed by atoms with Gasteiger partial charge in [0.15, 0.2) is 11.5 Å². The molecule has 2 heterocycles. The van der Waals surface area contributed by atoms with Crippen LogP contribution in [0.2, 0.25) is 0 Å². The predicted octanol–water partition coefficient (Wildman–Crippen LogP) is 1.95. The highest BCUT2D eigenvalue weighted by molar-refractivity contribution is 5.89. The Labute approximate surface area is 120 Å². The lowest BCUT2D eigenvalue weighted by Crippen LogP contribution is -2.19. The summed E-state index contributed by atoms with van der Waals surface area (Å²) in [5, 5.41) is 0. The first-order chi connectivity index (χ1) is 10.2. The monoisotopic (exact) mass is 287 g/mol. The Bertz CT molecular complexity index is 750. The Morgan fingerprint density at radius 2 is 2.05 bits per heavy atom. The van der Waals surface area contributed by atoms with Crippen LogP contribution in [0.5, 0.6) is 11.5 Å². The summed E-state index contributed by atoms with van der Waals surface area (Å²) in [6, 6.07) is 8.47. The summed E-state index contributed by atoms with van der Waals surface area (Å²) in [6.07, 6.45) is 0. The van der Waals surface area contributed by atoms with Gasteiger partial charge in [0.05, 0.1) is 6.61 Å². The third-order valence-electron chi connectivity index (χ3n) is 3.09. The summed E-state index contributed by atoms with van der Waals surface area (Å²) < 4.78 is 15.4. The number of carbonyl (C=O) groups excluding carboxylic acids is 1. The number of aromatic amines is 1. The summed E-state index contributed by atoms with van der Waals surface area (Å²) in [5.74, 6) is 0.669. The number of hydrogen-bond acceptors (Lipinski definition) is 5. The van der Waals surface area contributed by atoms with Crippen LogP contribution in [-0.2, 0) is 4.74 Å². The molecule has 0 bridgehead atoms. The predicted molar refractivity (Wildman–Crippen MR) is 74.6 cm³/mol. The van der Waals surface area contributed by atoms with E-state index in [0.29, 0.717) is 17.2 Å². The molecule has 1 aromatic carbocycles. The van der Waals surface area contributed by atoms with Gasteiger partial charge in [-0.3, -0.25) is 4.79 Å². The first-order valence-corrected chi connectivity index (χ1v) is 6.49. The van der Waals surface area contributed by atoms with Crippen molar-refractivity contribution in [1.29, 1.82) is 0 Å². The topological polar surface area (TPSA) is 77.6 Å². The third-order valence-corrected chi connectivity index (χ3v) is 3.09. The average Bonchev–Trinajstić information content (AvgIpc) is 2.94. The molecule has 1 N–H and O–H groups in total. The van der Waals surface area contributed by atoms with Crippen molar-refractivity contribution in [2.24, 2.45) is 0 Å². The molecule has 108 valence electrons. The molecule has 6 nitrogen and oxygen atoms in total. The molecule has 0 unspecified atom stereocenters. The maximum atomic E-state index is 12.0. The second-order valence-corrected chi connectivity index (χ2v) is 4.40. The molecule has 3 rings (SSSR count). The number of esters is 1. The van der Waals surface area contributed by atoms with Crippen LogP contribution in [0, 0.1) is 0 Å². The summed E-state index contributed by atoms with van der Waals surface area (Å²) in [4.78, 5) is 26.2. The Balaban J connectivity index is 1.95. The first-order valence-electron chi connectivity index (χ1n) is 6.49. The normalized spacial score (nSPS) is 12.2. The van der Waals surface area contributed by atoms with Crippen LogP contribution in [0.3, 0.4) is 0 Å². The zero-order chi connectivity index (χ0) is 14.8. The van der Waals surface area contributed by atoms with Gasteiger partial charge in [0.2, 0.25) is 6.79 Å². The molecule has 0 amide bonds. The Morgan fingerprint density at radius 3 is 2.81 bits per heavy atom. The van der Waals surface area contributed by atoms with Crippen LogP contribution in [0.25, 0.3) is 11.3 Å². The van der Waals surface area contributed by atoms with Gasteiger partial charge in [0.25, 0.3) is 5.56 Å². The van der Waals surface area contributed by atoms with Gasteiger partial charge in [-0.05, 0) is 37.3 Å². The quantitative estimate of drug-likeness (QED) is 0.873. The largest absolute Gasteiger partial charge is 0.462 e. The van der Waals surface area contributed by atoms with Gasteiger partial charge in [0, 0.05) is 11.3 Å². The smallest absolute Gasteiger partial charge is 0.343 e. The highest BCUT2D eigenvalue weighted by Gasteiger charge is 2.16. The van der Waals surface area contributed by atoms with Crippen molar-refractivity contribution >= 4 is 5.97 Å². The van der Waals surface area contributed by atoms with E-state index in [1.165, 1.54) is 6.07 Å². The van der Waals surface area contributed by atoms with Gasteiger partial charge in [-0.25, -0.2) is 4.79 Å². The fourth-order valence-corrected chi connectivity index (χ4v) is 2.08. The number of rotatable bonds is 3. The van der Waals surface area contributed by atoms with Gasteiger partial charge >= 0.3 is 5.97 Å². The summed E-state index contributed by atoms with van der Waals surface area (Å²) in [7, 11) is 0. The van der Waals surface area contributed by atoms with Crippen molar-refractivity contribution in [1.82, 2.24) is 4.98 Å². The van der Waals surface area contributed by atoms with E-state index in [1.807, 2.05) is 6.07 Å². The maximum absolute atomic E-state index is 12.0. The molecule has 0 spiro atoms. The van der Waals surface area contributed by atoms with Crippen LogP contribution in [-0.4, -0.2) is 24.4 Å². The first kappa shape index (κ1) is 13.2. The Hall–Kier alpha value is -2.76. The van der Waals surface area contributed by atoms with Crippen molar-refractivity contribution in [3.8, 4) is 22.8 Å². The number of hydrogen-bond donors (Lipinski definition) is 1. The van der Waals surface area contributed by atoms with Crippen LogP contribution in [0.4, 0.5) is 0 Å². The standard InChI is InChI=1S/C15H13NO5/c1-2-19-15(18)10-4-5-11(16-14(10)17)9-3-6-12-13(7-9)21-8-20-12/h3-7H,2,8H2,1H3,(H,16,17). The van der Waals surface area contributed by atoms with E-state index in [0.717, 1.165) is 5.56 Å². The lowest BCUT2D eigenvalue weighted by atomic mass is 10.1. The molecule has 1 aliphatic heterocycles. The Morgan fingerprint density at radius 1 is 1.24 bits per heavy atom.